The Bertz CT molecular complexity index is 492. The Labute approximate surface area is 128 Å². The Hall–Kier alpha value is -1.27. The van der Waals surface area contributed by atoms with Crippen molar-refractivity contribution in [1.82, 2.24) is 0 Å². The summed E-state index contributed by atoms with van der Waals surface area (Å²) >= 11 is 1.39. The lowest BCUT2D eigenvalue weighted by atomic mass is 10.1. The molecule has 0 unspecified atom stereocenters. The van der Waals surface area contributed by atoms with Gasteiger partial charge < -0.3 is 14.4 Å². The Morgan fingerprint density at radius 3 is 2.86 bits per heavy atom. The fourth-order valence-corrected chi connectivity index (χ4v) is 2.72. The first kappa shape index (κ1) is 16.1. The summed E-state index contributed by atoms with van der Waals surface area (Å²) in [5.41, 5.74) is 1.22. The van der Waals surface area contributed by atoms with Gasteiger partial charge in [0, 0.05) is 18.8 Å². The van der Waals surface area contributed by atoms with Crippen molar-refractivity contribution in [3.8, 4) is 0 Å². The van der Waals surface area contributed by atoms with Gasteiger partial charge in [-0.15, -0.1) is 0 Å². The standard InChI is InChI=1S/C15H20FNO3S/c1-11(20-14(18)10-21-2)15-12(16)4-3-5-13(15)17-6-8-19-9-7-17/h3-5,11H,6-10H2,1-2H3/t11-/m1/s1. The molecule has 116 valence electrons. The fraction of sp³-hybridized carbons (Fsp3) is 0.533. The van der Waals surface area contributed by atoms with Gasteiger partial charge in [0.05, 0.1) is 24.5 Å². The molecule has 0 aromatic heterocycles. The number of halogens is 1. The average Bonchev–Trinajstić information content (AvgIpc) is 2.48. The lowest BCUT2D eigenvalue weighted by Crippen LogP contribution is -2.37. The zero-order valence-electron chi connectivity index (χ0n) is 12.3. The van der Waals surface area contributed by atoms with Gasteiger partial charge in [0.15, 0.2) is 0 Å². The number of ether oxygens (including phenoxy) is 2. The third-order valence-electron chi connectivity index (χ3n) is 3.36. The topological polar surface area (TPSA) is 38.8 Å². The van der Waals surface area contributed by atoms with Gasteiger partial charge >= 0.3 is 5.97 Å². The maximum atomic E-state index is 14.2. The summed E-state index contributed by atoms with van der Waals surface area (Å²) in [6.45, 7) is 4.37. The molecule has 0 radical (unpaired) electrons. The third kappa shape index (κ3) is 4.11. The van der Waals surface area contributed by atoms with Crippen LogP contribution in [-0.4, -0.2) is 44.3 Å². The lowest BCUT2D eigenvalue weighted by molar-refractivity contribution is -0.145. The average molecular weight is 313 g/mol. The van der Waals surface area contributed by atoms with Gasteiger partial charge in [0.1, 0.15) is 11.9 Å². The smallest absolute Gasteiger partial charge is 0.316 e. The summed E-state index contributed by atoms with van der Waals surface area (Å²) in [7, 11) is 0. The number of morpholine rings is 1. The molecule has 2 rings (SSSR count). The van der Waals surface area contributed by atoms with E-state index in [9.17, 15) is 9.18 Å². The van der Waals surface area contributed by atoms with E-state index in [0.29, 0.717) is 31.9 Å². The van der Waals surface area contributed by atoms with Gasteiger partial charge in [-0.05, 0) is 25.3 Å². The molecule has 1 atom stereocenters. The number of benzene rings is 1. The summed E-state index contributed by atoms with van der Waals surface area (Å²) in [4.78, 5) is 13.7. The number of thioether (sulfide) groups is 1. The molecule has 0 aliphatic carbocycles. The van der Waals surface area contributed by atoms with Gasteiger partial charge in [-0.2, -0.15) is 11.8 Å². The van der Waals surface area contributed by atoms with Crippen LogP contribution in [0.5, 0.6) is 0 Å². The van der Waals surface area contributed by atoms with Crippen LogP contribution in [0.25, 0.3) is 0 Å². The molecule has 1 aromatic rings. The number of hydrogen-bond acceptors (Lipinski definition) is 5. The van der Waals surface area contributed by atoms with E-state index in [1.807, 2.05) is 12.3 Å². The monoisotopic (exact) mass is 313 g/mol. The van der Waals surface area contributed by atoms with E-state index in [1.54, 1.807) is 13.0 Å². The molecule has 6 heteroatoms. The molecule has 0 N–H and O–H groups in total. The summed E-state index contributed by atoms with van der Waals surface area (Å²) in [6, 6.07) is 4.95. The zero-order valence-corrected chi connectivity index (χ0v) is 13.1. The Morgan fingerprint density at radius 2 is 2.19 bits per heavy atom. The van der Waals surface area contributed by atoms with E-state index >= 15 is 0 Å². The second kappa shape index (κ2) is 7.66. The van der Waals surface area contributed by atoms with Crippen molar-refractivity contribution in [3.63, 3.8) is 0 Å². The molecule has 21 heavy (non-hydrogen) atoms. The third-order valence-corrected chi connectivity index (χ3v) is 3.88. The number of anilines is 1. The van der Waals surface area contributed by atoms with E-state index in [0.717, 1.165) is 5.69 Å². The van der Waals surface area contributed by atoms with Gasteiger partial charge in [-0.1, -0.05) is 6.07 Å². The zero-order chi connectivity index (χ0) is 15.2. The number of carbonyl (C=O) groups is 1. The molecule has 1 aliphatic heterocycles. The van der Waals surface area contributed by atoms with Crippen LogP contribution in [-0.2, 0) is 14.3 Å². The quantitative estimate of drug-likeness (QED) is 0.781. The van der Waals surface area contributed by atoms with Crippen LogP contribution >= 0.6 is 11.8 Å². The minimum Gasteiger partial charge on any atom is -0.457 e. The second-order valence-corrected chi connectivity index (χ2v) is 5.70. The number of rotatable bonds is 5. The van der Waals surface area contributed by atoms with Crippen molar-refractivity contribution in [2.45, 2.75) is 13.0 Å². The minimum atomic E-state index is -0.608. The highest BCUT2D eigenvalue weighted by Gasteiger charge is 2.23. The summed E-state index contributed by atoms with van der Waals surface area (Å²) in [6.07, 6.45) is 1.22. The number of nitrogens with zero attached hydrogens (tertiary/aromatic N) is 1. The molecule has 1 aliphatic rings. The summed E-state index contributed by atoms with van der Waals surface area (Å²) in [5, 5.41) is 0. The largest absolute Gasteiger partial charge is 0.457 e. The maximum absolute atomic E-state index is 14.2. The molecule has 0 bridgehead atoms. The first-order chi connectivity index (χ1) is 10.1. The first-order valence-electron chi connectivity index (χ1n) is 6.93. The van der Waals surface area contributed by atoms with Crippen LogP contribution in [0.4, 0.5) is 10.1 Å². The van der Waals surface area contributed by atoms with Crippen molar-refractivity contribution in [2.75, 3.05) is 43.2 Å². The van der Waals surface area contributed by atoms with E-state index < -0.39 is 6.10 Å². The number of carbonyl (C=O) groups excluding carboxylic acids is 1. The molecule has 1 fully saturated rings. The molecule has 0 spiro atoms. The van der Waals surface area contributed by atoms with Gasteiger partial charge in [0.25, 0.3) is 0 Å². The van der Waals surface area contributed by atoms with E-state index in [4.69, 9.17) is 9.47 Å². The van der Waals surface area contributed by atoms with Crippen LogP contribution in [0.3, 0.4) is 0 Å². The highest BCUT2D eigenvalue weighted by Crippen LogP contribution is 2.31. The predicted octanol–water partition coefficient (Wildman–Crippen LogP) is 2.63. The van der Waals surface area contributed by atoms with Gasteiger partial charge in [0.2, 0.25) is 0 Å². The van der Waals surface area contributed by atoms with Gasteiger partial charge in [-0.3, -0.25) is 4.79 Å². The minimum absolute atomic E-state index is 0.270. The lowest BCUT2D eigenvalue weighted by Gasteiger charge is -2.31. The molecular formula is C15H20FNO3S. The van der Waals surface area contributed by atoms with Crippen LogP contribution in [0.2, 0.25) is 0 Å². The van der Waals surface area contributed by atoms with E-state index in [-0.39, 0.29) is 17.5 Å². The number of hydrogen-bond donors (Lipinski definition) is 0. The van der Waals surface area contributed by atoms with Crippen molar-refractivity contribution in [2.24, 2.45) is 0 Å². The van der Waals surface area contributed by atoms with Crippen molar-refractivity contribution in [3.05, 3.63) is 29.6 Å². The first-order valence-corrected chi connectivity index (χ1v) is 8.32. The summed E-state index contributed by atoms with van der Waals surface area (Å²) in [5.74, 6) is -0.402. The molecule has 0 amide bonds. The van der Waals surface area contributed by atoms with Crippen molar-refractivity contribution < 1.29 is 18.7 Å². The van der Waals surface area contributed by atoms with E-state index in [2.05, 4.69) is 4.90 Å². The van der Waals surface area contributed by atoms with Crippen LogP contribution in [0.1, 0.15) is 18.6 Å². The molecule has 0 saturated carbocycles. The maximum Gasteiger partial charge on any atom is 0.316 e. The number of esters is 1. The molecule has 1 heterocycles. The highest BCUT2D eigenvalue weighted by atomic mass is 32.2. The Morgan fingerprint density at radius 1 is 1.48 bits per heavy atom. The summed E-state index contributed by atoms with van der Waals surface area (Å²) < 4.78 is 24.9. The predicted molar refractivity (Wildman–Crippen MR) is 82.3 cm³/mol. The van der Waals surface area contributed by atoms with Gasteiger partial charge in [-0.25, -0.2) is 4.39 Å². The van der Waals surface area contributed by atoms with Crippen LogP contribution < -0.4 is 4.90 Å². The normalized spacial score (nSPS) is 16.6. The Kier molecular flexibility index (Phi) is 5.87. The molecular weight excluding hydrogens is 293 g/mol. The fourth-order valence-electron chi connectivity index (χ4n) is 2.42. The SMILES string of the molecule is CSCC(=O)O[C@H](C)c1c(F)cccc1N1CCOCC1. The van der Waals surface area contributed by atoms with Crippen LogP contribution in [0, 0.1) is 5.82 Å². The molecule has 1 aromatic carbocycles. The second-order valence-electron chi connectivity index (χ2n) is 4.84. The molecule has 1 saturated heterocycles. The molecule has 4 nitrogen and oxygen atoms in total. The van der Waals surface area contributed by atoms with Crippen molar-refractivity contribution >= 4 is 23.4 Å². The highest BCUT2D eigenvalue weighted by molar-refractivity contribution is 7.99. The van der Waals surface area contributed by atoms with Crippen molar-refractivity contribution in [1.29, 1.82) is 0 Å². The van der Waals surface area contributed by atoms with E-state index in [1.165, 1.54) is 17.8 Å². The Balaban J connectivity index is 2.22. The van der Waals surface area contributed by atoms with Crippen LogP contribution in [0.15, 0.2) is 18.2 Å².